The number of likely N-dealkylation sites (tertiary alicyclic amines) is 1. The van der Waals surface area contributed by atoms with Crippen molar-refractivity contribution in [3.63, 3.8) is 0 Å². The Morgan fingerprint density at radius 2 is 1.24 bits per heavy atom. The number of hydrogen-bond donors (Lipinski definition) is 1. The quantitative estimate of drug-likeness (QED) is 0.562. The molecule has 8 aliphatic carbocycles. The first-order valence-corrected chi connectivity index (χ1v) is 15.2. The summed E-state index contributed by atoms with van der Waals surface area (Å²) in [5.41, 5.74) is 1.14. The zero-order valence-electron chi connectivity index (χ0n) is 22.7. The highest BCUT2D eigenvalue weighted by Gasteiger charge is 2.68. The number of carbonyl (C=O) groups excluding carboxylic acids is 2. The molecule has 10 rings (SSSR count). The van der Waals surface area contributed by atoms with Crippen molar-refractivity contribution in [2.45, 2.75) is 100 Å². The van der Waals surface area contributed by atoms with Crippen LogP contribution in [0.1, 0.15) is 89.0 Å². The van der Waals surface area contributed by atoms with Gasteiger partial charge in [-0.25, -0.2) is 0 Å². The van der Waals surface area contributed by atoms with Crippen molar-refractivity contribution < 1.29 is 9.59 Å². The number of nitrogens with one attached hydrogen (secondary N) is 1. The van der Waals surface area contributed by atoms with Crippen LogP contribution in [0, 0.1) is 35.5 Å². The number of anilines is 1. The third-order valence-corrected chi connectivity index (χ3v) is 12.2. The van der Waals surface area contributed by atoms with Crippen molar-refractivity contribution in [2.24, 2.45) is 35.5 Å². The lowest BCUT2D eigenvalue weighted by Crippen LogP contribution is -2.78. The zero-order valence-corrected chi connectivity index (χ0v) is 22.7. The van der Waals surface area contributed by atoms with E-state index in [0.29, 0.717) is 6.42 Å². The molecule has 8 bridgehead atoms. The lowest BCUT2D eigenvalue weighted by atomic mass is 9.50. The molecule has 9 fully saturated rings. The van der Waals surface area contributed by atoms with Gasteiger partial charge in [-0.2, -0.15) is 0 Å². The van der Waals surface area contributed by atoms with Gasteiger partial charge in [-0.15, -0.1) is 0 Å². The summed E-state index contributed by atoms with van der Waals surface area (Å²) in [5.74, 6) is 4.89. The molecule has 1 unspecified atom stereocenters. The van der Waals surface area contributed by atoms with Gasteiger partial charge >= 0.3 is 0 Å². The largest absolute Gasteiger partial charge is 0.378 e. The molecule has 9 aliphatic rings. The van der Waals surface area contributed by atoms with Gasteiger partial charge in [0, 0.05) is 30.9 Å². The second-order valence-corrected chi connectivity index (χ2v) is 15.0. The molecule has 0 aromatic heterocycles. The summed E-state index contributed by atoms with van der Waals surface area (Å²) in [6.45, 7) is 0. The molecule has 1 saturated heterocycles. The van der Waals surface area contributed by atoms with Crippen molar-refractivity contribution in [1.29, 1.82) is 0 Å². The molecule has 5 heteroatoms. The minimum Gasteiger partial charge on any atom is -0.378 e. The molecule has 1 N–H and O–H groups in total. The van der Waals surface area contributed by atoms with E-state index < -0.39 is 5.54 Å². The zero-order chi connectivity index (χ0) is 25.2. The number of nitrogens with zero attached hydrogens (tertiary/aromatic N) is 2. The van der Waals surface area contributed by atoms with Gasteiger partial charge in [-0.05, 0) is 130 Å². The van der Waals surface area contributed by atoms with Crippen LogP contribution in [0.3, 0.4) is 0 Å². The van der Waals surface area contributed by atoms with Crippen LogP contribution >= 0.6 is 0 Å². The topological polar surface area (TPSA) is 52.7 Å². The Morgan fingerprint density at radius 1 is 0.784 bits per heavy atom. The van der Waals surface area contributed by atoms with E-state index in [2.05, 4.69) is 53.5 Å². The summed E-state index contributed by atoms with van der Waals surface area (Å²) in [4.78, 5) is 32.8. The van der Waals surface area contributed by atoms with Gasteiger partial charge in [-0.3, -0.25) is 9.59 Å². The van der Waals surface area contributed by atoms with Gasteiger partial charge in [0.2, 0.25) is 5.91 Å². The van der Waals surface area contributed by atoms with E-state index >= 15 is 0 Å². The van der Waals surface area contributed by atoms with Crippen LogP contribution in [0.2, 0.25) is 0 Å². The van der Waals surface area contributed by atoms with Gasteiger partial charge in [-0.1, -0.05) is 12.1 Å². The number of amides is 2. The van der Waals surface area contributed by atoms with Gasteiger partial charge < -0.3 is 15.1 Å². The normalized spacial score (nSPS) is 46.8. The minimum atomic E-state index is -0.850. The highest BCUT2D eigenvalue weighted by molar-refractivity contribution is 6.03. The highest BCUT2D eigenvalue weighted by Crippen LogP contribution is 2.63. The van der Waals surface area contributed by atoms with Gasteiger partial charge in [0.05, 0.1) is 6.42 Å². The van der Waals surface area contributed by atoms with E-state index in [4.69, 9.17) is 0 Å². The van der Waals surface area contributed by atoms with Crippen LogP contribution in [0.4, 0.5) is 5.69 Å². The summed E-state index contributed by atoms with van der Waals surface area (Å²) in [5, 5.41) is 3.74. The van der Waals surface area contributed by atoms with E-state index in [1.807, 2.05) is 0 Å². The third kappa shape index (κ3) is 3.21. The van der Waals surface area contributed by atoms with Crippen molar-refractivity contribution in [1.82, 2.24) is 10.2 Å². The Morgan fingerprint density at radius 3 is 1.68 bits per heavy atom. The van der Waals surface area contributed by atoms with E-state index in [-0.39, 0.29) is 22.9 Å². The van der Waals surface area contributed by atoms with Crippen LogP contribution in [0.25, 0.3) is 0 Å². The third-order valence-electron chi connectivity index (χ3n) is 12.2. The van der Waals surface area contributed by atoms with Crippen LogP contribution < -0.4 is 10.2 Å². The molecule has 1 atom stereocenters. The predicted octanol–water partition coefficient (Wildman–Crippen LogP) is 5.23. The molecule has 1 aromatic carbocycles. The highest BCUT2D eigenvalue weighted by atomic mass is 16.2. The Kier molecular flexibility index (Phi) is 4.67. The molecular formula is C32H43N3O2. The SMILES string of the molecule is CN(C)c1ccc(C2(C(=O)NC34CC5CC(CC(C5)C3)C4)CC(=O)N2C23CC4CC(CC(C4)C2)C3)cc1. The van der Waals surface area contributed by atoms with E-state index in [0.717, 1.165) is 85.3 Å². The minimum absolute atomic E-state index is 0.0474. The smallest absolute Gasteiger partial charge is 0.251 e. The lowest BCUT2D eigenvalue weighted by Gasteiger charge is -2.67. The molecule has 0 radical (unpaired) electrons. The lowest BCUT2D eigenvalue weighted by molar-refractivity contribution is -0.201. The molecular weight excluding hydrogens is 458 g/mol. The maximum Gasteiger partial charge on any atom is 0.251 e. The maximum atomic E-state index is 14.8. The number of carbonyl (C=O) groups is 2. The van der Waals surface area contributed by atoms with Crippen LogP contribution in [0.15, 0.2) is 24.3 Å². The first-order valence-electron chi connectivity index (χ1n) is 15.2. The standard InChI is InChI=1S/C32H43N3O2/c1-34(2)27-5-3-26(4-6-27)32(29(37)33-30-13-20-7-21(14-30)9-22(8-20)15-30)19-28(36)35(32)31-16-23-10-24(17-31)12-25(11-23)18-31/h3-6,20-25H,7-19H2,1-2H3,(H,33,37). The van der Waals surface area contributed by atoms with Gasteiger partial charge in [0.15, 0.2) is 5.54 Å². The summed E-state index contributed by atoms with van der Waals surface area (Å²) in [6.07, 6.45) is 15.2. The number of β-lactam (4-membered cyclic amide) rings is 1. The average molecular weight is 502 g/mol. The fraction of sp³-hybridized carbons (Fsp3) is 0.750. The predicted molar refractivity (Wildman–Crippen MR) is 144 cm³/mol. The second kappa shape index (κ2) is 7.54. The second-order valence-electron chi connectivity index (χ2n) is 15.0. The van der Waals surface area contributed by atoms with Crippen molar-refractivity contribution in [3.8, 4) is 0 Å². The molecule has 37 heavy (non-hydrogen) atoms. The fourth-order valence-electron chi connectivity index (χ4n) is 11.7. The Balaban J connectivity index is 1.19. The summed E-state index contributed by atoms with van der Waals surface area (Å²) >= 11 is 0. The summed E-state index contributed by atoms with van der Waals surface area (Å²) in [7, 11) is 4.11. The fourth-order valence-corrected chi connectivity index (χ4v) is 11.7. The van der Waals surface area contributed by atoms with Gasteiger partial charge in [0.1, 0.15) is 0 Å². The van der Waals surface area contributed by atoms with Gasteiger partial charge in [0.25, 0.3) is 5.91 Å². The average Bonchev–Trinajstić information content (AvgIpc) is 2.80. The maximum absolute atomic E-state index is 14.8. The molecule has 2 amide bonds. The molecule has 1 aliphatic heterocycles. The Hall–Kier alpha value is -2.04. The molecule has 5 nitrogen and oxygen atoms in total. The first-order chi connectivity index (χ1) is 17.8. The molecule has 8 saturated carbocycles. The van der Waals surface area contributed by atoms with E-state index in [1.54, 1.807) is 0 Å². The monoisotopic (exact) mass is 501 g/mol. The molecule has 1 aromatic rings. The molecule has 198 valence electrons. The summed E-state index contributed by atoms with van der Waals surface area (Å²) < 4.78 is 0. The van der Waals surface area contributed by atoms with Crippen LogP contribution in [0.5, 0.6) is 0 Å². The molecule has 0 spiro atoms. The summed E-state index contributed by atoms with van der Waals surface area (Å²) in [6, 6.07) is 8.56. The van der Waals surface area contributed by atoms with Crippen LogP contribution in [-0.2, 0) is 15.1 Å². The van der Waals surface area contributed by atoms with E-state index in [9.17, 15) is 9.59 Å². The number of rotatable bonds is 5. The Bertz CT molecular complexity index is 1070. The van der Waals surface area contributed by atoms with Crippen LogP contribution in [-0.4, -0.2) is 41.9 Å². The van der Waals surface area contributed by atoms with E-state index in [1.165, 1.54) is 38.5 Å². The van der Waals surface area contributed by atoms with Crippen molar-refractivity contribution in [2.75, 3.05) is 19.0 Å². The number of benzene rings is 1. The molecule has 1 heterocycles. The number of hydrogen-bond acceptors (Lipinski definition) is 3. The van der Waals surface area contributed by atoms with Crippen molar-refractivity contribution >= 4 is 17.5 Å². The Labute approximate surface area is 221 Å². The first kappa shape index (κ1) is 22.9. The van der Waals surface area contributed by atoms with Crippen molar-refractivity contribution in [3.05, 3.63) is 29.8 Å².